The summed E-state index contributed by atoms with van der Waals surface area (Å²) >= 11 is 0. The summed E-state index contributed by atoms with van der Waals surface area (Å²) in [7, 11) is 0. The molecule has 5 heteroatoms. The molecular weight excluding hydrogens is 354 g/mol. The van der Waals surface area contributed by atoms with Crippen LogP contribution in [0.2, 0.25) is 0 Å². The number of carbonyl (C=O) groups is 1. The van der Waals surface area contributed by atoms with Crippen LogP contribution in [0.4, 0.5) is 0 Å². The molecule has 28 heavy (non-hydrogen) atoms. The second-order valence-corrected chi connectivity index (χ2v) is 7.21. The first-order valence-corrected chi connectivity index (χ1v) is 9.90. The van der Waals surface area contributed by atoms with E-state index in [1.165, 1.54) is 19.3 Å². The molecule has 0 unspecified atom stereocenters. The van der Waals surface area contributed by atoms with Gasteiger partial charge in [0.05, 0.1) is 6.61 Å². The van der Waals surface area contributed by atoms with Crippen LogP contribution in [0, 0.1) is 0 Å². The van der Waals surface area contributed by atoms with Crippen molar-refractivity contribution in [1.29, 1.82) is 0 Å². The maximum absolute atomic E-state index is 12.9. The Morgan fingerprint density at radius 3 is 2.61 bits per heavy atom. The molecule has 0 spiro atoms. The van der Waals surface area contributed by atoms with Gasteiger partial charge in [0.25, 0.3) is 0 Å². The first-order chi connectivity index (χ1) is 13.7. The van der Waals surface area contributed by atoms with Gasteiger partial charge in [-0.1, -0.05) is 36.8 Å². The fraction of sp³-hybridized carbons (Fsp3) is 0.348. The summed E-state index contributed by atoms with van der Waals surface area (Å²) in [6.45, 7) is 4.80. The normalized spacial score (nSPS) is 15.0. The summed E-state index contributed by atoms with van der Waals surface area (Å²) in [5.41, 5.74) is 2.65. The number of fused-ring (bicyclic) bond motifs is 1. The maximum Gasteiger partial charge on any atom is 0.342 e. The number of aromatic hydroxyl groups is 1. The van der Waals surface area contributed by atoms with Crippen LogP contribution in [0.3, 0.4) is 0 Å². The van der Waals surface area contributed by atoms with E-state index < -0.39 is 5.97 Å². The van der Waals surface area contributed by atoms with E-state index in [1.54, 1.807) is 19.1 Å². The lowest BCUT2D eigenvalue weighted by Gasteiger charge is -2.26. The lowest BCUT2D eigenvalue weighted by Crippen LogP contribution is -2.29. The van der Waals surface area contributed by atoms with Crippen molar-refractivity contribution in [1.82, 2.24) is 4.90 Å². The average molecular weight is 379 g/mol. The largest absolute Gasteiger partial charge is 0.508 e. The number of furan rings is 1. The van der Waals surface area contributed by atoms with Crippen molar-refractivity contribution < 1.29 is 19.1 Å². The highest BCUT2D eigenvalue weighted by Crippen LogP contribution is 2.38. The second-order valence-electron chi connectivity index (χ2n) is 7.21. The van der Waals surface area contributed by atoms with Gasteiger partial charge in [-0.15, -0.1) is 0 Å². The minimum atomic E-state index is -0.398. The minimum Gasteiger partial charge on any atom is -0.508 e. The van der Waals surface area contributed by atoms with Gasteiger partial charge in [-0.2, -0.15) is 0 Å². The minimum absolute atomic E-state index is 0.142. The Morgan fingerprint density at radius 2 is 1.89 bits per heavy atom. The molecule has 4 rings (SSSR count). The lowest BCUT2D eigenvalue weighted by molar-refractivity contribution is 0.0528. The quantitative estimate of drug-likeness (QED) is 0.634. The van der Waals surface area contributed by atoms with Crippen molar-refractivity contribution >= 4 is 16.9 Å². The van der Waals surface area contributed by atoms with Crippen LogP contribution >= 0.6 is 0 Å². The molecule has 3 aromatic rings. The van der Waals surface area contributed by atoms with Gasteiger partial charge in [-0.05, 0) is 44.5 Å². The van der Waals surface area contributed by atoms with Crippen molar-refractivity contribution in [2.75, 3.05) is 19.7 Å². The average Bonchev–Trinajstić information content (AvgIpc) is 3.09. The van der Waals surface area contributed by atoms with Gasteiger partial charge in [0.2, 0.25) is 0 Å². The molecule has 0 aliphatic carbocycles. The van der Waals surface area contributed by atoms with Gasteiger partial charge in [-0.25, -0.2) is 4.79 Å². The number of ether oxygens (including phenoxy) is 1. The number of phenols is 1. The highest BCUT2D eigenvalue weighted by molar-refractivity contribution is 6.10. The molecule has 1 aromatic heterocycles. The summed E-state index contributed by atoms with van der Waals surface area (Å²) in [6, 6.07) is 12.9. The number of benzene rings is 2. The molecule has 2 heterocycles. The van der Waals surface area contributed by atoms with E-state index in [0.717, 1.165) is 29.6 Å². The van der Waals surface area contributed by atoms with Crippen LogP contribution in [-0.4, -0.2) is 35.7 Å². The smallest absolute Gasteiger partial charge is 0.342 e. The van der Waals surface area contributed by atoms with Crippen molar-refractivity contribution in [3.8, 4) is 17.1 Å². The number of hydrogen-bond donors (Lipinski definition) is 1. The summed E-state index contributed by atoms with van der Waals surface area (Å²) < 4.78 is 11.4. The number of rotatable bonds is 5. The van der Waals surface area contributed by atoms with Gasteiger partial charge >= 0.3 is 5.97 Å². The highest BCUT2D eigenvalue weighted by Gasteiger charge is 2.26. The van der Waals surface area contributed by atoms with Crippen LogP contribution in [0.15, 0.2) is 46.9 Å². The Morgan fingerprint density at radius 1 is 1.14 bits per heavy atom. The Kier molecular flexibility index (Phi) is 5.35. The number of esters is 1. The lowest BCUT2D eigenvalue weighted by atomic mass is 10.0. The van der Waals surface area contributed by atoms with E-state index >= 15 is 0 Å². The Hall–Kier alpha value is -2.79. The predicted molar refractivity (Wildman–Crippen MR) is 108 cm³/mol. The van der Waals surface area contributed by atoms with Crippen LogP contribution < -0.4 is 0 Å². The van der Waals surface area contributed by atoms with Crippen molar-refractivity contribution in [3.63, 3.8) is 0 Å². The number of hydrogen-bond acceptors (Lipinski definition) is 5. The Balaban J connectivity index is 1.89. The van der Waals surface area contributed by atoms with E-state index in [2.05, 4.69) is 4.90 Å². The van der Waals surface area contributed by atoms with Crippen molar-refractivity contribution in [3.05, 3.63) is 53.6 Å². The van der Waals surface area contributed by atoms with Crippen LogP contribution in [0.5, 0.6) is 5.75 Å². The molecule has 0 atom stereocenters. The molecule has 1 aliphatic rings. The SMILES string of the molecule is CCOC(=O)c1c(-c2ccccc2)oc2cc(O)cc(CN3CCCCC3)c12. The Labute approximate surface area is 164 Å². The van der Waals surface area contributed by atoms with E-state index in [-0.39, 0.29) is 5.75 Å². The number of piperidine rings is 1. The molecule has 2 aromatic carbocycles. The second kappa shape index (κ2) is 8.07. The fourth-order valence-corrected chi connectivity index (χ4v) is 3.97. The monoisotopic (exact) mass is 379 g/mol. The summed E-state index contributed by atoms with van der Waals surface area (Å²) in [5, 5.41) is 11.0. The topological polar surface area (TPSA) is 62.9 Å². The number of phenolic OH excluding ortho intramolecular Hbond substituents is 1. The third-order valence-corrected chi connectivity index (χ3v) is 5.22. The summed E-state index contributed by atoms with van der Waals surface area (Å²) in [6.07, 6.45) is 3.60. The van der Waals surface area contributed by atoms with Crippen LogP contribution in [0.25, 0.3) is 22.3 Å². The van der Waals surface area contributed by atoms with E-state index in [1.807, 2.05) is 30.3 Å². The van der Waals surface area contributed by atoms with Crippen molar-refractivity contribution in [2.24, 2.45) is 0 Å². The van der Waals surface area contributed by atoms with Crippen LogP contribution in [-0.2, 0) is 11.3 Å². The maximum atomic E-state index is 12.9. The van der Waals surface area contributed by atoms with Crippen LogP contribution in [0.1, 0.15) is 42.1 Å². The third-order valence-electron chi connectivity index (χ3n) is 5.22. The molecule has 1 N–H and O–H groups in total. The van der Waals surface area contributed by atoms with E-state index in [9.17, 15) is 9.90 Å². The predicted octanol–water partition coefficient (Wildman–Crippen LogP) is 4.97. The summed E-state index contributed by atoms with van der Waals surface area (Å²) in [5.74, 6) is 0.230. The molecule has 1 aliphatic heterocycles. The number of carbonyl (C=O) groups excluding carboxylic acids is 1. The van der Waals surface area contributed by atoms with Gasteiger partial charge in [0.1, 0.15) is 22.7 Å². The first kappa shape index (κ1) is 18.6. The number of nitrogens with zero attached hydrogens (tertiary/aromatic N) is 1. The van der Waals surface area contributed by atoms with E-state index in [0.29, 0.717) is 30.1 Å². The number of likely N-dealkylation sites (tertiary alicyclic amines) is 1. The standard InChI is InChI=1S/C23H25NO4/c1-2-27-23(26)21-20-17(15-24-11-7-4-8-12-24)13-18(25)14-19(20)28-22(21)16-9-5-3-6-10-16/h3,5-6,9-10,13-14,25H,2,4,7-8,11-12,15H2,1H3. The first-order valence-electron chi connectivity index (χ1n) is 9.90. The molecule has 0 saturated carbocycles. The molecule has 0 bridgehead atoms. The van der Waals surface area contributed by atoms with Crippen molar-refractivity contribution in [2.45, 2.75) is 32.7 Å². The molecule has 1 saturated heterocycles. The van der Waals surface area contributed by atoms with Gasteiger partial charge in [0.15, 0.2) is 0 Å². The molecule has 146 valence electrons. The van der Waals surface area contributed by atoms with E-state index in [4.69, 9.17) is 9.15 Å². The molecule has 5 nitrogen and oxygen atoms in total. The molecule has 0 amide bonds. The molecule has 1 fully saturated rings. The Bertz CT molecular complexity index is 971. The van der Waals surface area contributed by atoms with Gasteiger partial charge < -0.3 is 14.3 Å². The molecule has 0 radical (unpaired) electrons. The molecular formula is C23H25NO4. The van der Waals surface area contributed by atoms with Gasteiger partial charge in [-0.3, -0.25) is 4.90 Å². The zero-order valence-corrected chi connectivity index (χ0v) is 16.1. The fourth-order valence-electron chi connectivity index (χ4n) is 3.97. The third kappa shape index (κ3) is 3.62. The zero-order valence-electron chi connectivity index (χ0n) is 16.1. The van der Waals surface area contributed by atoms with Gasteiger partial charge in [0, 0.05) is 23.6 Å². The highest BCUT2D eigenvalue weighted by atomic mass is 16.5. The summed E-state index contributed by atoms with van der Waals surface area (Å²) in [4.78, 5) is 15.2. The zero-order chi connectivity index (χ0) is 19.5.